The van der Waals surface area contributed by atoms with Gasteiger partial charge in [0.15, 0.2) is 0 Å². The molecule has 0 heterocycles. The molecule has 0 saturated carbocycles. The third-order valence-electron chi connectivity index (χ3n) is 3.59. The number of rotatable bonds is 8. The lowest BCUT2D eigenvalue weighted by atomic mass is 10.2. The smallest absolute Gasteiger partial charge is 0.418 e. The summed E-state index contributed by atoms with van der Waals surface area (Å²) >= 11 is 0. The van der Waals surface area contributed by atoms with E-state index in [9.17, 15) is 9.59 Å². The molecule has 0 amide bonds. The molecule has 0 unspecified atom stereocenters. The summed E-state index contributed by atoms with van der Waals surface area (Å²) in [7, 11) is 3.61. The summed E-state index contributed by atoms with van der Waals surface area (Å²) in [5, 5.41) is 0. The molecular formula is C20H24N2O4. The number of hydrogen-bond donors (Lipinski definition) is 0. The van der Waals surface area contributed by atoms with Crippen molar-refractivity contribution in [2.45, 2.75) is 13.1 Å². The van der Waals surface area contributed by atoms with Crippen LogP contribution >= 0.6 is 0 Å². The van der Waals surface area contributed by atoms with Crippen LogP contribution in [0.2, 0.25) is 0 Å². The van der Waals surface area contributed by atoms with Crippen molar-refractivity contribution in [1.29, 1.82) is 0 Å². The largest absolute Gasteiger partial charge is 0.441 e. The molecule has 0 atom stereocenters. The minimum absolute atomic E-state index is 0.0165. The maximum atomic E-state index is 11.7. The van der Waals surface area contributed by atoms with Gasteiger partial charge in [0.2, 0.25) is 0 Å². The second-order valence-electron chi connectivity index (χ2n) is 6.12. The third-order valence-corrected chi connectivity index (χ3v) is 3.59. The molecule has 6 heteroatoms. The van der Waals surface area contributed by atoms with Gasteiger partial charge in [0.1, 0.15) is 13.5 Å². The maximum absolute atomic E-state index is 11.7. The van der Waals surface area contributed by atoms with Crippen LogP contribution in [0.5, 0.6) is 0 Å². The summed E-state index contributed by atoms with van der Waals surface area (Å²) in [5.74, 6) is -1.98. The topological polar surface area (TPSA) is 59.1 Å². The van der Waals surface area contributed by atoms with E-state index in [4.69, 9.17) is 9.47 Å². The Balaban J connectivity index is 1.66. The third kappa shape index (κ3) is 7.04. The van der Waals surface area contributed by atoms with E-state index in [2.05, 4.69) is 0 Å². The molecule has 26 heavy (non-hydrogen) atoms. The lowest BCUT2D eigenvalue weighted by molar-refractivity contribution is -0.172. The van der Waals surface area contributed by atoms with Gasteiger partial charge >= 0.3 is 11.9 Å². The Morgan fingerprint density at radius 3 is 1.38 bits per heavy atom. The lowest BCUT2D eigenvalue weighted by Gasteiger charge is -2.18. The van der Waals surface area contributed by atoms with Gasteiger partial charge in [0.25, 0.3) is 0 Å². The summed E-state index contributed by atoms with van der Waals surface area (Å²) in [6, 6.07) is 19.6. The first-order valence-electron chi connectivity index (χ1n) is 8.33. The second-order valence-corrected chi connectivity index (χ2v) is 6.12. The van der Waals surface area contributed by atoms with Crippen molar-refractivity contribution in [2.24, 2.45) is 0 Å². The Morgan fingerprint density at radius 2 is 1.04 bits per heavy atom. The van der Waals surface area contributed by atoms with Gasteiger partial charge in [-0.3, -0.25) is 9.80 Å². The highest BCUT2D eigenvalue weighted by atomic mass is 16.6. The zero-order valence-corrected chi connectivity index (χ0v) is 15.1. The standard InChI is InChI=1S/C20H24N2O4/c1-21(13-17-9-5-3-6-10-17)15-25-19(23)20(24)26-16-22(2)14-18-11-7-4-8-12-18/h3-12H,13-16H2,1-2H3. The van der Waals surface area contributed by atoms with Crippen molar-refractivity contribution in [1.82, 2.24) is 9.80 Å². The number of hydrogen-bond acceptors (Lipinski definition) is 6. The first-order chi connectivity index (χ1) is 12.5. The molecule has 2 rings (SSSR count). The highest BCUT2D eigenvalue weighted by molar-refractivity contribution is 6.29. The average molecular weight is 356 g/mol. The average Bonchev–Trinajstić information content (AvgIpc) is 2.65. The van der Waals surface area contributed by atoms with Crippen LogP contribution in [0.15, 0.2) is 60.7 Å². The molecule has 0 spiro atoms. The molecule has 2 aromatic carbocycles. The predicted molar refractivity (Wildman–Crippen MR) is 97.7 cm³/mol. The zero-order valence-electron chi connectivity index (χ0n) is 15.1. The van der Waals surface area contributed by atoms with Crippen molar-refractivity contribution in [3.8, 4) is 0 Å². The maximum Gasteiger partial charge on any atom is 0.418 e. The van der Waals surface area contributed by atoms with Gasteiger partial charge in [-0.15, -0.1) is 0 Å². The number of nitrogens with zero attached hydrogens (tertiary/aromatic N) is 2. The molecule has 0 radical (unpaired) electrons. The Morgan fingerprint density at radius 1 is 0.692 bits per heavy atom. The van der Waals surface area contributed by atoms with Crippen molar-refractivity contribution in [3.63, 3.8) is 0 Å². The van der Waals surface area contributed by atoms with Crippen LogP contribution in [-0.4, -0.2) is 49.3 Å². The van der Waals surface area contributed by atoms with Crippen LogP contribution in [-0.2, 0) is 32.2 Å². The van der Waals surface area contributed by atoms with E-state index < -0.39 is 11.9 Å². The van der Waals surface area contributed by atoms with E-state index >= 15 is 0 Å². The van der Waals surface area contributed by atoms with Crippen molar-refractivity contribution in [3.05, 3.63) is 71.8 Å². The monoisotopic (exact) mass is 356 g/mol. The fourth-order valence-electron chi connectivity index (χ4n) is 2.34. The van der Waals surface area contributed by atoms with Crippen LogP contribution < -0.4 is 0 Å². The van der Waals surface area contributed by atoms with Crippen LogP contribution in [0.25, 0.3) is 0 Å². The van der Waals surface area contributed by atoms with E-state index in [0.717, 1.165) is 11.1 Å². The van der Waals surface area contributed by atoms with Gasteiger partial charge in [0, 0.05) is 13.1 Å². The van der Waals surface area contributed by atoms with E-state index in [0.29, 0.717) is 13.1 Å². The lowest BCUT2D eigenvalue weighted by Crippen LogP contribution is -2.30. The number of ether oxygens (including phenoxy) is 2. The highest BCUT2D eigenvalue weighted by Crippen LogP contribution is 2.04. The van der Waals surface area contributed by atoms with E-state index in [1.54, 1.807) is 23.9 Å². The van der Waals surface area contributed by atoms with Crippen LogP contribution in [0.4, 0.5) is 0 Å². The van der Waals surface area contributed by atoms with Crippen LogP contribution in [0.1, 0.15) is 11.1 Å². The zero-order chi connectivity index (χ0) is 18.8. The molecule has 6 nitrogen and oxygen atoms in total. The van der Waals surface area contributed by atoms with Gasteiger partial charge in [-0.25, -0.2) is 9.59 Å². The van der Waals surface area contributed by atoms with E-state index in [1.807, 2.05) is 60.7 Å². The number of carbonyl (C=O) groups is 2. The van der Waals surface area contributed by atoms with E-state index in [-0.39, 0.29) is 13.5 Å². The summed E-state index contributed by atoms with van der Waals surface area (Å²) in [6.45, 7) is 1.26. The van der Waals surface area contributed by atoms with Gasteiger partial charge < -0.3 is 9.47 Å². The number of benzene rings is 2. The Labute approximate surface area is 153 Å². The van der Waals surface area contributed by atoms with Gasteiger partial charge in [-0.05, 0) is 25.2 Å². The van der Waals surface area contributed by atoms with Gasteiger partial charge in [-0.1, -0.05) is 60.7 Å². The molecular weight excluding hydrogens is 332 g/mol. The molecule has 0 bridgehead atoms. The SMILES string of the molecule is CN(COC(=O)C(=O)OCN(C)Cc1ccccc1)Cc1ccccc1. The Hall–Kier alpha value is -2.70. The molecule has 0 aliphatic carbocycles. The van der Waals surface area contributed by atoms with Crippen molar-refractivity contribution >= 4 is 11.9 Å². The molecule has 0 fully saturated rings. The normalized spacial score (nSPS) is 10.8. The first-order valence-corrected chi connectivity index (χ1v) is 8.33. The van der Waals surface area contributed by atoms with E-state index in [1.165, 1.54) is 0 Å². The number of esters is 2. The fourth-order valence-corrected chi connectivity index (χ4v) is 2.34. The Kier molecular flexibility index (Phi) is 7.79. The quantitative estimate of drug-likeness (QED) is 0.411. The summed E-state index contributed by atoms with van der Waals surface area (Å²) < 4.78 is 9.96. The van der Waals surface area contributed by atoms with Gasteiger partial charge in [-0.2, -0.15) is 0 Å². The van der Waals surface area contributed by atoms with Crippen molar-refractivity contribution in [2.75, 3.05) is 27.6 Å². The first kappa shape index (κ1) is 19.6. The van der Waals surface area contributed by atoms with Crippen molar-refractivity contribution < 1.29 is 19.1 Å². The Bertz CT molecular complexity index is 630. The molecule has 0 aliphatic rings. The molecule has 0 aromatic heterocycles. The highest BCUT2D eigenvalue weighted by Gasteiger charge is 2.18. The van der Waals surface area contributed by atoms with Gasteiger partial charge in [0.05, 0.1) is 0 Å². The minimum Gasteiger partial charge on any atom is -0.441 e. The van der Waals surface area contributed by atoms with Crippen LogP contribution in [0.3, 0.4) is 0 Å². The predicted octanol–water partition coefficient (Wildman–Crippen LogP) is 2.25. The number of carbonyl (C=O) groups excluding carboxylic acids is 2. The molecule has 0 saturated heterocycles. The summed E-state index contributed by atoms with van der Waals surface area (Å²) in [5.41, 5.74) is 2.19. The summed E-state index contributed by atoms with van der Waals surface area (Å²) in [4.78, 5) is 27.0. The molecule has 0 aliphatic heterocycles. The molecule has 2 aromatic rings. The second kappa shape index (κ2) is 10.3. The molecule has 0 N–H and O–H groups in total. The van der Waals surface area contributed by atoms with Crippen LogP contribution in [0, 0.1) is 0 Å². The molecule has 138 valence electrons. The fraction of sp³-hybridized carbons (Fsp3) is 0.300. The minimum atomic E-state index is -0.988. The summed E-state index contributed by atoms with van der Waals surface area (Å²) in [6.07, 6.45) is 0.